The molecule has 0 saturated carbocycles. The van der Waals surface area contributed by atoms with E-state index in [0.717, 1.165) is 11.1 Å². The minimum absolute atomic E-state index is 0.194. The first-order valence-corrected chi connectivity index (χ1v) is 8.71. The third kappa shape index (κ3) is 5.70. The Hall–Kier alpha value is -2.66. The molecule has 0 radical (unpaired) electrons. The average molecular weight is 355 g/mol. The SMILES string of the molecule is CCOC(=O)C(CNC(=O)C(OC)c1ccccc1)Cc1ccccc1. The molecule has 0 aliphatic heterocycles. The van der Waals surface area contributed by atoms with E-state index in [9.17, 15) is 9.59 Å². The van der Waals surface area contributed by atoms with Crippen LogP contribution < -0.4 is 5.32 Å². The highest BCUT2D eigenvalue weighted by Gasteiger charge is 2.24. The van der Waals surface area contributed by atoms with Crippen LogP contribution in [-0.2, 0) is 25.5 Å². The smallest absolute Gasteiger partial charge is 0.311 e. The average Bonchev–Trinajstić information content (AvgIpc) is 2.67. The molecule has 2 rings (SSSR count). The minimum atomic E-state index is -0.712. The van der Waals surface area contributed by atoms with Gasteiger partial charge in [0.2, 0.25) is 0 Å². The van der Waals surface area contributed by atoms with Gasteiger partial charge in [-0.05, 0) is 24.5 Å². The van der Waals surface area contributed by atoms with Crippen LogP contribution in [0.2, 0.25) is 0 Å². The lowest BCUT2D eigenvalue weighted by molar-refractivity contribution is -0.148. The second-order valence-corrected chi connectivity index (χ2v) is 5.91. The van der Waals surface area contributed by atoms with Crippen LogP contribution >= 0.6 is 0 Å². The molecule has 138 valence electrons. The van der Waals surface area contributed by atoms with Crippen LogP contribution in [0.5, 0.6) is 0 Å². The molecule has 26 heavy (non-hydrogen) atoms. The summed E-state index contributed by atoms with van der Waals surface area (Å²) >= 11 is 0. The van der Waals surface area contributed by atoms with Crippen LogP contribution in [0, 0.1) is 5.92 Å². The molecule has 1 amide bonds. The largest absolute Gasteiger partial charge is 0.466 e. The van der Waals surface area contributed by atoms with Gasteiger partial charge in [0, 0.05) is 13.7 Å². The maximum Gasteiger partial charge on any atom is 0.311 e. The maximum atomic E-state index is 12.5. The monoisotopic (exact) mass is 355 g/mol. The number of hydrogen-bond donors (Lipinski definition) is 1. The summed E-state index contributed by atoms with van der Waals surface area (Å²) in [5.41, 5.74) is 1.79. The standard InChI is InChI=1S/C21H25NO4/c1-3-26-21(24)18(14-16-10-6-4-7-11-16)15-22-20(23)19(25-2)17-12-8-5-9-13-17/h4-13,18-19H,3,14-15H2,1-2H3,(H,22,23). The fourth-order valence-electron chi connectivity index (χ4n) is 2.74. The van der Waals surface area contributed by atoms with Crippen molar-refractivity contribution in [2.75, 3.05) is 20.3 Å². The first kappa shape index (κ1) is 19.7. The minimum Gasteiger partial charge on any atom is -0.466 e. The maximum absolute atomic E-state index is 12.5. The van der Waals surface area contributed by atoms with Gasteiger partial charge in [-0.1, -0.05) is 60.7 Å². The zero-order chi connectivity index (χ0) is 18.8. The summed E-state index contributed by atoms with van der Waals surface area (Å²) in [6.45, 7) is 2.27. The number of benzene rings is 2. The van der Waals surface area contributed by atoms with Gasteiger partial charge in [-0.3, -0.25) is 9.59 Å². The number of hydrogen-bond acceptors (Lipinski definition) is 4. The topological polar surface area (TPSA) is 64.6 Å². The van der Waals surface area contributed by atoms with E-state index in [2.05, 4.69) is 5.32 Å². The molecule has 2 atom stereocenters. The second-order valence-electron chi connectivity index (χ2n) is 5.91. The normalized spacial score (nSPS) is 12.8. The molecule has 0 heterocycles. The Bertz CT molecular complexity index is 688. The highest BCUT2D eigenvalue weighted by atomic mass is 16.5. The Labute approximate surface area is 154 Å². The van der Waals surface area contributed by atoms with E-state index >= 15 is 0 Å². The molecular weight excluding hydrogens is 330 g/mol. The number of nitrogens with one attached hydrogen (secondary N) is 1. The third-order valence-electron chi connectivity index (χ3n) is 4.04. The first-order valence-electron chi connectivity index (χ1n) is 8.71. The molecule has 0 fully saturated rings. The van der Waals surface area contributed by atoms with Crippen molar-refractivity contribution in [3.05, 3.63) is 71.8 Å². The number of amides is 1. The third-order valence-corrected chi connectivity index (χ3v) is 4.04. The second kappa shape index (κ2) is 10.4. The molecule has 0 saturated heterocycles. The van der Waals surface area contributed by atoms with Gasteiger partial charge in [0.15, 0.2) is 6.10 Å². The zero-order valence-electron chi connectivity index (χ0n) is 15.2. The molecule has 0 bridgehead atoms. The van der Waals surface area contributed by atoms with Crippen molar-refractivity contribution in [3.8, 4) is 0 Å². The highest BCUT2D eigenvalue weighted by molar-refractivity contribution is 5.83. The molecule has 5 heteroatoms. The summed E-state index contributed by atoms with van der Waals surface area (Å²) in [5, 5.41) is 2.83. The number of rotatable bonds is 9. The number of carbonyl (C=O) groups excluding carboxylic acids is 2. The summed E-state index contributed by atoms with van der Waals surface area (Å²) in [5.74, 6) is -1.04. The van der Waals surface area contributed by atoms with Gasteiger partial charge in [0.25, 0.3) is 5.91 Å². The van der Waals surface area contributed by atoms with Crippen LogP contribution in [0.3, 0.4) is 0 Å². The number of methoxy groups -OCH3 is 1. The lowest BCUT2D eigenvalue weighted by atomic mass is 9.99. The van der Waals surface area contributed by atoms with E-state index < -0.39 is 12.0 Å². The summed E-state index contributed by atoms with van der Waals surface area (Å²) in [6.07, 6.45) is -0.209. The molecule has 0 aromatic heterocycles. The lowest BCUT2D eigenvalue weighted by Gasteiger charge is -2.19. The van der Waals surface area contributed by atoms with E-state index in [-0.39, 0.29) is 18.4 Å². The fraction of sp³-hybridized carbons (Fsp3) is 0.333. The van der Waals surface area contributed by atoms with Gasteiger partial charge < -0.3 is 14.8 Å². The molecule has 2 aromatic carbocycles. The highest BCUT2D eigenvalue weighted by Crippen LogP contribution is 2.17. The molecule has 2 unspecified atom stereocenters. The van der Waals surface area contributed by atoms with Gasteiger partial charge in [0.05, 0.1) is 12.5 Å². The Kier molecular flexibility index (Phi) is 7.83. The molecule has 2 aromatic rings. The molecule has 1 N–H and O–H groups in total. The Balaban J connectivity index is 2.02. The van der Waals surface area contributed by atoms with Crippen molar-refractivity contribution in [3.63, 3.8) is 0 Å². The predicted molar refractivity (Wildman–Crippen MR) is 99.5 cm³/mol. The molecule has 5 nitrogen and oxygen atoms in total. The summed E-state index contributed by atoms with van der Waals surface area (Å²) < 4.78 is 10.5. The quantitative estimate of drug-likeness (QED) is 0.703. The van der Waals surface area contributed by atoms with E-state index in [0.29, 0.717) is 13.0 Å². The fourth-order valence-corrected chi connectivity index (χ4v) is 2.74. The number of esters is 1. The van der Waals surface area contributed by atoms with Gasteiger partial charge in [-0.2, -0.15) is 0 Å². The van der Waals surface area contributed by atoms with Crippen molar-refractivity contribution < 1.29 is 19.1 Å². The van der Waals surface area contributed by atoms with Crippen molar-refractivity contribution in [2.24, 2.45) is 5.92 Å². The van der Waals surface area contributed by atoms with Crippen LogP contribution in [0.4, 0.5) is 0 Å². The van der Waals surface area contributed by atoms with Crippen LogP contribution in [0.1, 0.15) is 24.2 Å². The van der Waals surface area contributed by atoms with Crippen molar-refractivity contribution in [1.82, 2.24) is 5.32 Å². The number of carbonyl (C=O) groups is 2. The van der Waals surface area contributed by atoms with Gasteiger partial charge in [-0.15, -0.1) is 0 Å². The van der Waals surface area contributed by atoms with Crippen molar-refractivity contribution in [2.45, 2.75) is 19.4 Å². The van der Waals surface area contributed by atoms with Crippen LogP contribution in [0.15, 0.2) is 60.7 Å². The van der Waals surface area contributed by atoms with Crippen LogP contribution in [0.25, 0.3) is 0 Å². The number of ether oxygens (including phenoxy) is 2. The Morgan fingerprint density at radius 3 is 2.19 bits per heavy atom. The Morgan fingerprint density at radius 1 is 1.00 bits per heavy atom. The van der Waals surface area contributed by atoms with E-state index in [1.54, 1.807) is 6.92 Å². The molecule has 0 spiro atoms. The van der Waals surface area contributed by atoms with Crippen molar-refractivity contribution in [1.29, 1.82) is 0 Å². The lowest BCUT2D eigenvalue weighted by Crippen LogP contribution is -2.38. The predicted octanol–water partition coefficient (Wildman–Crippen LogP) is 2.91. The van der Waals surface area contributed by atoms with Gasteiger partial charge in [-0.25, -0.2) is 0 Å². The molecule has 0 aliphatic carbocycles. The van der Waals surface area contributed by atoms with Gasteiger partial charge >= 0.3 is 5.97 Å². The van der Waals surface area contributed by atoms with Gasteiger partial charge in [0.1, 0.15) is 0 Å². The Morgan fingerprint density at radius 2 is 1.62 bits per heavy atom. The van der Waals surface area contributed by atoms with E-state index in [1.165, 1.54) is 7.11 Å². The van der Waals surface area contributed by atoms with E-state index in [1.807, 2.05) is 60.7 Å². The van der Waals surface area contributed by atoms with Crippen LogP contribution in [-0.4, -0.2) is 32.1 Å². The van der Waals surface area contributed by atoms with E-state index in [4.69, 9.17) is 9.47 Å². The van der Waals surface area contributed by atoms with Crippen molar-refractivity contribution >= 4 is 11.9 Å². The zero-order valence-corrected chi connectivity index (χ0v) is 15.2. The summed E-state index contributed by atoms with van der Waals surface area (Å²) in [4.78, 5) is 24.8. The summed E-state index contributed by atoms with van der Waals surface area (Å²) in [7, 11) is 1.49. The summed E-state index contributed by atoms with van der Waals surface area (Å²) in [6, 6.07) is 18.9. The molecular formula is C21H25NO4. The molecule has 0 aliphatic rings. The first-order chi connectivity index (χ1) is 12.7.